The van der Waals surface area contributed by atoms with Crippen LogP contribution < -0.4 is 10.9 Å². The van der Waals surface area contributed by atoms with E-state index in [-0.39, 0.29) is 22.4 Å². The molecule has 26 heavy (non-hydrogen) atoms. The van der Waals surface area contributed by atoms with Crippen LogP contribution in [0.25, 0.3) is 0 Å². The molecule has 2 N–H and O–H groups in total. The van der Waals surface area contributed by atoms with Crippen molar-refractivity contribution in [3.8, 4) is 0 Å². The van der Waals surface area contributed by atoms with Gasteiger partial charge in [0.15, 0.2) is 5.16 Å². The molecule has 1 amide bonds. The SMILES string of the molecule is COC(=O)c1c(NC(=O)CSc2nncc(=O)[nH]2)sc2c1CCC(C)C2. The number of esters is 1. The standard InChI is InChI=1S/C16H18N4O4S2/c1-8-3-4-9-10(5-8)26-14(13(9)15(23)24-2)18-12(22)7-25-16-19-11(21)6-17-20-16/h6,8H,3-5,7H2,1-2H3,(H,18,22)(H,19,20,21). The van der Waals surface area contributed by atoms with Crippen molar-refractivity contribution in [1.29, 1.82) is 0 Å². The van der Waals surface area contributed by atoms with E-state index in [2.05, 4.69) is 27.4 Å². The third kappa shape index (κ3) is 4.13. The number of ether oxygens (including phenoxy) is 1. The van der Waals surface area contributed by atoms with Gasteiger partial charge in [0.25, 0.3) is 5.56 Å². The molecule has 0 aliphatic heterocycles. The molecule has 2 heterocycles. The van der Waals surface area contributed by atoms with Gasteiger partial charge >= 0.3 is 5.97 Å². The molecule has 0 radical (unpaired) electrons. The van der Waals surface area contributed by atoms with Crippen LogP contribution >= 0.6 is 23.1 Å². The molecule has 3 rings (SSSR count). The van der Waals surface area contributed by atoms with Gasteiger partial charge in [-0.2, -0.15) is 5.10 Å². The summed E-state index contributed by atoms with van der Waals surface area (Å²) in [6, 6.07) is 0. The molecular weight excluding hydrogens is 376 g/mol. The number of thiophene rings is 1. The van der Waals surface area contributed by atoms with Gasteiger partial charge in [-0.15, -0.1) is 16.4 Å². The van der Waals surface area contributed by atoms with Gasteiger partial charge in [0.2, 0.25) is 5.91 Å². The van der Waals surface area contributed by atoms with E-state index in [1.54, 1.807) is 0 Å². The minimum atomic E-state index is -0.432. The number of nitrogens with zero attached hydrogens (tertiary/aromatic N) is 2. The Morgan fingerprint density at radius 1 is 1.50 bits per heavy atom. The zero-order chi connectivity index (χ0) is 18.7. The van der Waals surface area contributed by atoms with E-state index >= 15 is 0 Å². The topological polar surface area (TPSA) is 114 Å². The minimum Gasteiger partial charge on any atom is -0.465 e. The maximum atomic E-state index is 12.3. The molecule has 8 nitrogen and oxygen atoms in total. The predicted molar refractivity (Wildman–Crippen MR) is 98.9 cm³/mol. The Balaban J connectivity index is 1.75. The second-order valence-electron chi connectivity index (χ2n) is 6.02. The molecular formula is C16H18N4O4S2. The van der Waals surface area contributed by atoms with Crippen LogP contribution in [0, 0.1) is 5.92 Å². The van der Waals surface area contributed by atoms with E-state index in [0.29, 0.717) is 16.5 Å². The summed E-state index contributed by atoms with van der Waals surface area (Å²) in [4.78, 5) is 39.3. The number of hydrogen-bond donors (Lipinski definition) is 2. The van der Waals surface area contributed by atoms with Crippen LogP contribution in [0.15, 0.2) is 16.1 Å². The fourth-order valence-corrected chi connectivity index (χ4v) is 4.85. The summed E-state index contributed by atoms with van der Waals surface area (Å²) in [5.41, 5.74) is 1.07. The van der Waals surface area contributed by atoms with Gasteiger partial charge in [-0.05, 0) is 30.7 Å². The average Bonchev–Trinajstić information content (AvgIpc) is 2.96. The molecule has 0 bridgehead atoms. The predicted octanol–water partition coefficient (Wildman–Crippen LogP) is 1.87. The van der Waals surface area contributed by atoms with Gasteiger partial charge in [-0.1, -0.05) is 18.7 Å². The molecule has 138 valence electrons. The van der Waals surface area contributed by atoms with Crippen LogP contribution in [0.4, 0.5) is 5.00 Å². The van der Waals surface area contributed by atoms with Crippen LogP contribution in [0.5, 0.6) is 0 Å². The Morgan fingerprint density at radius 3 is 3.04 bits per heavy atom. The van der Waals surface area contributed by atoms with Crippen LogP contribution in [0.1, 0.15) is 34.1 Å². The Kier molecular flexibility index (Phi) is 5.72. The number of fused-ring (bicyclic) bond motifs is 1. The highest BCUT2D eigenvalue weighted by molar-refractivity contribution is 7.99. The summed E-state index contributed by atoms with van der Waals surface area (Å²) in [7, 11) is 1.34. The second-order valence-corrected chi connectivity index (χ2v) is 8.09. The number of carbonyl (C=O) groups excluding carboxylic acids is 2. The summed E-state index contributed by atoms with van der Waals surface area (Å²) in [5.74, 6) is -0.135. The quantitative estimate of drug-likeness (QED) is 0.588. The summed E-state index contributed by atoms with van der Waals surface area (Å²) in [5, 5.41) is 10.9. The van der Waals surface area contributed by atoms with Gasteiger partial charge in [-0.3, -0.25) is 14.6 Å². The maximum absolute atomic E-state index is 12.3. The first-order valence-corrected chi connectivity index (χ1v) is 9.85. The van der Waals surface area contributed by atoms with Crippen molar-refractivity contribution in [2.75, 3.05) is 18.2 Å². The fraction of sp³-hybridized carbons (Fsp3) is 0.438. The number of aromatic amines is 1. The lowest BCUT2D eigenvalue weighted by Crippen LogP contribution is -2.17. The minimum absolute atomic E-state index is 0.0359. The number of H-pyrrole nitrogens is 1. The highest BCUT2D eigenvalue weighted by Gasteiger charge is 2.28. The van der Waals surface area contributed by atoms with E-state index in [1.165, 1.54) is 18.4 Å². The molecule has 1 unspecified atom stereocenters. The second kappa shape index (κ2) is 8.00. The number of thioether (sulfide) groups is 1. The number of hydrogen-bond acceptors (Lipinski definition) is 8. The first-order chi connectivity index (χ1) is 12.5. The molecule has 0 aromatic carbocycles. The Bertz CT molecular complexity index is 893. The lowest BCUT2D eigenvalue weighted by molar-refractivity contribution is -0.113. The van der Waals surface area contributed by atoms with E-state index < -0.39 is 5.97 Å². The number of amides is 1. The number of methoxy groups -OCH3 is 1. The molecule has 1 aliphatic rings. The third-order valence-electron chi connectivity index (χ3n) is 4.05. The number of anilines is 1. The molecule has 0 spiro atoms. The lowest BCUT2D eigenvalue weighted by Gasteiger charge is -2.18. The maximum Gasteiger partial charge on any atom is 0.341 e. The van der Waals surface area contributed by atoms with E-state index in [0.717, 1.165) is 47.7 Å². The normalized spacial score (nSPS) is 16.0. The van der Waals surface area contributed by atoms with E-state index in [9.17, 15) is 14.4 Å². The number of aromatic nitrogens is 3. The Morgan fingerprint density at radius 2 is 2.31 bits per heavy atom. The molecule has 2 aromatic heterocycles. The van der Waals surface area contributed by atoms with E-state index in [1.807, 2.05) is 0 Å². The molecule has 2 aromatic rings. The number of nitrogens with one attached hydrogen (secondary N) is 2. The van der Waals surface area contributed by atoms with E-state index in [4.69, 9.17) is 4.74 Å². The zero-order valence-corrected chi connectivity index (χ0v) is 16.0. The smallest absolute Gasteiger partial charge is 0.341 e. The highest BCUT2D eigenvalue weighted by atomic mass is 32.2. The first-order valence-electron chi connectivity index (χ1n) is 8.05. The van der Waals surface area contributed by atoms with Gasteiger partial charge < -0.3 is 10.1 Å². The van der Waals surface area contributed by atoms with Crippen LogP contribution in [-0.4, -0.2) is 39.9 Å². The number of carbonyl (C=O) groups is 2. The summed E-state index contributed by atoms with van der Waals surface area (Å²) in [6.07, 6.45) is 3.78. The monoisotopic (exact) mass is 394 g/mol. The van der Waals surface area contributed by atoms with Crippen LogP contribution in [0.2, 0.25) is 0 Å². The van der Waals surface area contributed by atoms with Gasteiger partial charge in [0, 0.05) is 4.88 Å². The van der Waals surface area contributed by atoms with Gasteiger partial charge in [0.05, 0.1) is 18.4 Å². The van der Waals surface area contributed by atoms with Crippen molar-refractivity contribution >= 4 is 40.0 Å². The van der Waals surface area contributed by atoms with Crippen molar-refractivity contribution in [2.24, 2.45) is 5.92 Å². The highest BCUT2D eigenvalue weighted by Crippen LogP contribution is 2.40. The Labute approximate surface area is 157 Å². The molecule has 1 aliphatic carbocycles. The van der Waals surface area contributed by atoms with Gasteiger partial charge in [-0.25, -0.2) is 4.79 Å². The molecule has 0 fully saturated rings. The van der Waals surface area contributed by atoms with Crippen LogP contribution in [-0.2, 0) is 22.4 Å². The van der Waals surface area contributed by atoms with Crippen LogP contribution in [0.3, 0.4) is 0 Å². The fourth-order valence-electron chi connectivity index (χ4n) is 2.81. The number of rotatable bonds is 5. The van der Waals surface area contributed by atoms with Crippen molar-refractivity contribution in [3.63, 3.8) is 0 Å². The van der Waals surface area contributed by atoms with Crippen molar-refractivity contribution in [1.82, 2.24) is 15.2 Å². The molecule has 0 saturated carbocycles. The summed E-state index contributed by atoms with van der Waals surface area (Å²) < 4.78 is 4.91. The average molecular weight is 394 g/mol. The van der Waals surface area contributed by atoms with Crippen molar-refractivity contribution in [2.45, 2.75) is 31.3 Å². The Hall–Kier alpha value is -2.20. The third-order valence-corrected chi connectivity index (χ3v) is 6.08. The molecule has 0 saturated heterocycles. The van der Waals surface area contributed by atoms with Gasteiger partial charge in [0.1, 0.15) is 11.2 Å². The molecule has 1 atom stereocenters. The van der Waals surface area contributed by atoms with Crippen molar-refractivity contribution < 1.29 is 14.3 Å². The zero-order valence-electron chi connectivity index (χ0n) is 14.3. The lowest BCUT2D eigenvalue weighted by atomic mass is 9.88. The summed E-state index contributed by atoms with van der Waals surface area (Å²) >= 11 is 2.50. The van der Waals surface area contributed by atoms with Crippen molar-refractivity contribution in [3.05, 3.63) is 32.6 Å². The largest absolute Gasteiger partial charge is 0.465 e. The summed E-state index contributed by atoms with van der Waals surface area (Å²) in [6.45, 7) is 2.18. The first kappa shape index (κ1) is 18.6. The molecule has 10 heteroatoms.